The predicted molar refractivity (Wildman–Crippen MR) is 97.2 cm³/mol. The maximum Gasteiger partial charge on any atom is 0.102 e. The van der Waals surface area contributed by atoms with Crippen molar-refractivity contribution in [3.05, 3.63) is 96.1 Å². The molecule has 0 saturated heterocycles. The molecular formula is C22H20N+. The molecule has 0 aromatic heterocycles. The molecule has 4 aromatic carbocycles. The Balaban J connectivity index is 1.45. The second-order valence-electron chi connectivity index (χ2n) is 6.06. The van der Waals surface area contributed by atoms with Crippen LogP contribution in [-0.4, -0.2) is 0 Å². The summed E-state index contributed by atoms with van der Waals surface area (Å²) in [7, 11) is 0. The van der Waals surface area contributed by atoms with E-state index in [0.29, 0.717) is 0 Å². The minimum atomic E-state index is 1.01. The van der Waals surface area contributed by atoms with E-state index < -0.39 is 0 Å². The van der Waals surface area contributed by atoms with Gasteiger partial charge in [-0.3, -0.25) is 0 Å². The van der Waals surface area contributed by atoms with Crippen LogP contribution in [0.4, 0.5) is 0 Å². The first-order valence-electron chi connectivity index (χ1n) is 8.15. The van der Waals surface area contributed by atoms with Crippen molar-refractivity contribution in [2.45, 2.75) is 13.1 Å². The molecule has 112 valence electrons. The highest BCUT2D eigenvalue weighted by Gasteiger charge is 2.01. The predicted octanol–water partition coefficient (Wildman–Crippen LogP) is 4.26. The van der Waals surface area contributed by atoms with Gasteiger partial charge in [0.15, 0.2) is 0 Å². The molecule has 0 radical (unpaired) electrons. The van der Waals surface area contributed by atoms with Crippen molar-refractivity contribution >= 4 is 21.5 Å². The van der Waals surface area contributed by atoms with Crippen LogP contribution in [0.25, 0.3) is 21.5 Å². The highest BCUT2D eigenvalue weighted by Crippen LogP contribution is 2.16. The van der Waals surface area contributed by atoms with Gasteiger partial charge in [-0.15, -0.1) is 0 Å². The molecule has 0 aliphatic heterocycles. The van der Waals surface area contributed by atoms with Crippen molar-refractivity contribution in [1.82, 2.24) is 0 Å². The van der Waals surface area contributed by atoms with Crippen LogP contribution in [0, 0.1) is 0 Å². The molecule has 0 heterocycles. The fraction of sp³-hybridized carbons (Fsp3) is 0.0909. The van der Waals surface area contributed by atoms with Gasteiger partial charge in [0.25, 0.3) is 0 Å². The average Bonchev–Trinajstić information content (AvgIpc) is 2.61. The summed E-state index contributed by atoms with van der Waals surface area (Å²) in [6.07, 6.45) is 0. The minimum Gasteiger partial charge on any atom is -0.339 e. The third kappa shape index (κ3) is 3.10. The van der Waals surface area contributed by atoms with Crippen LogP contribution >= 0.6 is 0 Å². The van der Waals surface area contributed by atoms with Gasteiger partial charge in [-0.05, 0) is 33.7 Å². The van der Waals surface area contributed by atoms with Gasteiger partial charge in [-0.25, -0.2) is 0 Å². The van der Waals surface area contributed by atoms with E-state index in [2.05, 4.69) is 90.2 Å². The van der Waals surface area contributed by atoms with Gasteiger partial charge in [0.1, 0.15) is 13.1 Å². The summed E-state index contributed by atoms with van der Waals surface area (Å²) >= 11 is 0. The molecule has 0 saturated carbocycles. The van der Waals surface area contributed by atoms with E-state index in [4.69, 9.17) is 0 Å². The van der Waals surface area contributed by atoms with Crippen molar-refractivity contribution in [2.75, 3.05) is 0 Å². The Morgan fingerprint density at radius 1 is 0.478 bits per heavy atom. The van der Waals surface area contributed by atoms with E-state index in [9.17, 15) is 0 Å². The third-order valence-electron chi connectivity index (χ3n) is 4.39. The zero-order chi connectivity index (χ0) is 15.5. The molecule has 0 atom stereocenters. The lowest BCUT2D eigenvalue weighted by molar-refractivity contribution is -0.686. The smallest absolute Gasteiger partial charge is 0.102 e. The standard InChI is InChI=1S/C22H19N/c1-3-7-21-13-17(9-11-19(21)5-1)15-23-16-18-10-12-20-6-2-4-8-22(20)14-18/h1-14,23H,15-16H2/p+1. The minimum absolute atomic E-state index is 1.01. The topological polar surface area (TPSA) is 16.6 Å². The Labute approximate surface area is 136 Å². The van der Waals surface area contributed by atoms with E-state index in [-0.39, 0.29) is 0 Å². The van der Waals surface area contributed by atoms with Gasteiger partial charge < -0.3 is 5.32 Å². The number of nitrogens with two attached hydrogens (primary N) is 1. The van der Waals surface area contributed by atoms with Crippen molar-refractivity contribution in [1.29, 1.82) is 0 Å². The summed E-state index contributed by atoms with van der Waals surface area (Å²) in [5, 5.41) is 7.64. The number of hydrogen-bond donors (Lipinski definition) is 1. The van der Waals surface area contributed by atoms with Crippen molar-refractivity contribution in [2.24, 2.45) is 0 Å². The SMILES string of the molecule is c1ccc2cc(C[NH2+]Cc3ccc4ccccc4c3)ccc2c1. The number of hydrogen-bond acceptors (Lipinski definition) is 0. The molecule has 1 nitrogen and oxygen atoms in total. The summed E-state index contributed by atoms with van der Waals surface area (Å²) in [6, 6.07) is 30.6. The number of fused-ring (bicyclic) bond motifs is 2. The molecule has 4 rings (SSSR count). The lowest BCUT2D eigenvalue weighted by Crippen LogP contribution is -2.80. The van der Waals surface area contributed by atoms with E-state index >= 15 is 0 Å². The summed E-state index contributed by atoms with van der Waals surface area (Å²) < 4.78 is 0. The first kappa shape index (κ1) is 14.0. The molecular weight excluding hydrogens is 278 g/mol. The van der Waals surface area contributed by atoms with Crippen LogP contribution < -0.4 is 5.32 Å². The molecule has 0 bridgehead atoms. The largest absolute Gasteiger partial charge is 0.339 e. The van der Waals surface area contributed by atoms with Gasteiger partial charge in [-0.1, -0.05) is 72.8 Å². The third-order valence-corrected chi connectivity index (χ3v) is 4.39. The average molecular weight is 298 g/mol. The second-order valence-corrected chi connectivity index (χ2v) is 6.06. The fourth-order valence-corrected chi connectivity index (χ4v) is 3.14. The highest BCUT2D eigenvalue weighted by molar-refractivity contribution is 5.83. The lowest BCUT2D eigenvalue weighted by atomic mass is 10.1. The van der Waals surface area contributed by atoms with Gasteiger partial charge in [0, 0.05) is 11.1 Å². The Hall–Kier alpha value is -2.64. The molecule has 0 amide bonds. The Kier molecular flexibility index (Phi) is 3.79. The van der Waals surface area contributed by atoms with Crippen molar-refractivity contribution in [3.8, 4) is 0 Å². The van der Waals surface area contributed by atoms with E-state index in [1.807, 2.05) is 0 Å². The number of benzene rings is 4. The lowest BCUT2D eigenvalue weighted by Gasteiger charge is -2.05. The summed E-state index contributed by atoms with van der Waals surface area (Å²) in [5.41, 5.74) is 2.76. The maximum absolute atomic E-state index is 2.37. The highest BCUT2D eigenvalue weighted by atomic mass is 14.8. The van der Waals surface area contributed by atoms with E-state index in [0.717, 1.165) is 13.1 Å². The summed E-state index contributed by atoms with van der Waals surface area (Å²) in [6.45, 7) is 2.02. The van der Waals surface area contributed by atoms with Crippen LogP contribution in [0.5, 0.6) is 0 Å². The van der Waals surface area contributed by atoms with E-state index in [1.54, 1.807) is 0 Å². The molecule has 2 N–H and O–H groups in total. The first-order chi connectivity index (χ1) is 11.4. The zero-order valence-electron chi connectivity index (χ0n) is 13.1. The Morgan fingerprint density at radius 3 is 1.39 bits per heavy atom. The molecule has 0 aliphatic carbocycles. The second kappa shape index (κ2) is 6.23. The first-order valence-corrected chi connectivity index (χ1v) is 8.15. The zero-order valence-corrected chi connectivity index (χ0v) is 13.1. The van der Waals surface area contributed by atoms with Crippen molar-refractivity contribution < 1.29 is 5.32 Å². The maximum atomic E-state index is 2.37. The Bertz CT molecular complexity index is 877. The molecule has 4 aromatic rings. The molecule has 0 spiro atoms. The molecule has 1 heteroatoms. The number of rotatable bonds is 4. The van der Waals surface area contributed by atoms with Gasteiger partial charge in [0.2, 0.25) is 0 Å². The molecule has 23 heavy (non-hydrogen) atoms. The normalized spacial score (nSPS) is 11.1. The van der Waals surface area contributed by atoms with Crippen LogP contribution in [-0.2, 0) is 13.1 Å². The van der Waals surface area contributed by atoms with Gasteiger partial charge >= 0.3 is 0 Å². The summed E-state index contributed by atoms with van der Waals surface area (Å²) in [4.78, 5) is 0. The molecule has 0 fully saturated rings. The fourth-order valence-electron chi connectivity index (χ4n) is 3.14. The monoisotopic (exact) mass is 298 g/mol. The van der Waals surface area contributed by atoms with Gasteiger partial charge in [-0.2, -0.15) is 0 Å². The summed E-state index contributed by atoms with van der Waals surface area (Å²) in [5.74, 6) is 0. The van der Waals surface area contributed by atoms with Crippen LogP contribution in [0.15, 0.2) is 84.9 Å². The molecule has 0 unspecified atom stereocenters. The van der Waals surface area contributed by atoms with E-state index in [1.165, 1.54) is 32.7 Å². The van der Waals surface area contributed by atoms with Crippen LogP contribution in [0.2, 0.25) is 0 Å². The number of quaternary nitrogens is 1. The van der Waals surface area contributed by atoms with Gasteiger partial charge in [0.05, 0.1) is 0 Å². The van der Waals surface area contributed by atoms with Crippen LogP contribution in [0.1, 0.15) is 11.1 Å². The van der Waals surface area contributed by atoms with Crippen molar-refractivity contribution in [3.63, 3.8) is 0 Å². The van der Waals surface area contributed by atoms with Crippen LogP contribution in [0.3, 0.4) is 0 Å². The quantitative estimate of drug-likeness (QED) is 0.580. The molecule has 0 aliphatic rings. The Morgan fingerprint density at radius 2 is 0.913 bits per heavy atom.